The molecule has 3 rings (SSSR count). The number of rotatable bonds is 3. The molecule has 0 amide bonds. The molecular formula is C15H17N3O. The van der Waals surface area contributed by atoms with Crippen molar-refractivity contribution in [2.45, 2.75) is 31.6 Å². The van der Waals surface area contributed by atoms with Crippen molar-refractivity contribution < 1.29 is 0 Å². The Hall–Kier alpha value is -2.10. The van der Waals surface area contributed by atoms with Crippen molar-refractivity contribution in [1.82, 2.24) is 9.97 Å². The first-order chi connectivity index (χ1) is 9.31. The predicted molar refractivity (Wildman–Crippen MR) is 75.8 cm³/mol. The van der Waals surface area contributed by atoms with Crippen molar-refractivity contribution in [2.75, 3.05) is 5.32 Å². The molecule has 1 aliphatic carbocycles. The summed E-state index contributed by atoms with van der Waals surface area (Å²) in [4.78, 5) is 19.0. The monoisotopic (exact) mass is 255 g/mol. The summed E-state index contributed by atoms with van der Waals surface area (Å²) in [5, 5.41) is 3.14. The Balaban J connectivity index is 1.87. The summed E-state index contributed by atoms with van der Waals surface area (Å²) in [5.41, 5.74) is 1.75. The molecule has 1 heterocycles. The fraction of sp³-hybridized carbons (Fsp3) is 0.333. The number of para-hydroxylation sites is 1. The van der Waals surface area contributed by atoms with E-state index in [-0.39, 0.29) is 5.56 Å². The summed E-state index contributed by atoms with van der Waals surface area (Å²) in [6.45, 7) is 0. The molecule has 19 heavy (non-hydrogen) atoms. The second-order valence-corrected chi connectivity index (χ2v) is 4.99. The molecule has 0 aliphatic heterocycles. The minimum absolute atomic E-state index is 0.0877. The third-order valence-electron chi connectivity index (χ3n) is 3.57. The molecule has 4 nitrogen and oxygen atoms in total. The van der Waals surface area contributed by atoms with Gasteiger partial charge in [-0.1, -0.05) is 31.0 Å². The minimum Gasteiger partial charge on any atom is -0.326 e. The Labute approximate surface area is 111 Å². The van der Waals surface area contributed by atoms with Crippen LogP contribution in [0.4, 0.5) is 11.6 Å². The number of anilines is 2. The fourth-order valence-electron chi connectivity index (χ4n) is 2.62. The maximum absolute atomic E-state index is 11.7. The quantitative estimate of drug-likeness (QED) is 0.885. The Morgan fingerprint density at radius 2 is 1.89 bits per heavy atom. The molecule has 1 aromatic heterocycles. The van der Waals surface area contributed by atoms with E-state index in [4.69, 9.17) is 0 Å². The van der Waals surface area contributed by atoms with Gasteiger partial charge in [-0.2, -0.15) is 0 Å². The van der Waals surface area contributed by atoms with Crippen molar-refractivity contribution in [3.63, 3.8) is 0 Å². The number of hydrogen-bond donors (Lipinski definition) is 2. The Bertz CT molecular complexity index is 600. The van der Waals surface area contributed by atoms with E-state index in [2.05, 4.69) is 15.3 Å². The van der Waals surface area contributed by atoms with Crippen molar-refractivity contribution in [3.8, 4) is 0 Å². The molecule has 0 unspecified atom stereocenters. The van der Waals surface area contributed by atoms with Gasteiger partial charge in [-0.15, -0.1) is 0 Å². The highest BCUT2D eigenvalue weighted by Crippen LogP contribution is 2.32. The molecule has 4 heteroatoms. The maximum Gasteiger partial charge on any atom is 0.252 e. The summed E-state index contributed by atoms with van der Waals surface area (Å²) < 4.78 is 0. The lowest BCUT2D eigenvalue weighted by Crippen LogP contribution is -2.13. The maximum atomic E-state index is 11.7. The van der Waals surface area contributed by atoms with Crippen molar-refractivity contribution in [1.29, 1.82) is 0 Å². The molecule has 2 N–H and O–H groups in total. The van der Waals surface area contributed by atoms with Crippen molar-refractivity contribution in [2.24, 2.45) is 0 Å². The van der Waals surface area contributed by atoms with Crippen LogP contribution in [-0.4, -0.2) is 9.97 Å². The summed E-state index contributed by atoms with van der Waals surface area (Å²) in [7, 11) is 0. The van der Waals surface area contributed by atoms with E-state index in [9.17, 15) is 4.79 Å². The normalized spacial score (nSPS) is 15.6. The molecule has 1 aliphatic rings. The highest BCUT2D eigenvalue weighted by Gasteiger charge is 2.19. The first-order valence-corrected chi connectivity index (χ1v) is 6.74. The van der Waals surface area contributed by atoms with E-state index in [1.807, 2.05) is 30.3 Å². The van der Waals surface area contributed by atoms with Crippen LogP contribution in [-0.2, 0) is 0 Å². The van der Waals surface area contributed by atoms with Crippen LogP contribution in [0.5, 0.6) is 0 Å². The molecule has 0 bridgehead atoms. The zero-order chi connectivity index (χ0) is 13.1. The minimum atomic E-state index is -0.0877. The number of nitrogens with one attached hydrogen (secondary N) is 2. The smallest absolute Gasteiger partial charge is 0.252 e. The third kappa shape index (κ3) is 2.84. The molecule has 98 valence electrons. The van der Waals surface area contributed by atoms with Gasteiger partial charge in [0.1, 0.15) is 0 Å². The SMILES string of the molecule is O=c1cc(C2CCCC2)nc(Nc2ccccc2)[nH]1. The first kappa shape index (κ1) is 12.0. The van der Waals surface area contributed by atoms with Crippen LogP contribution in [0.2, 0.25) is 0 Å². The standard InChI is InChI=1S/C15H17N3O/c19-14-10-13(11-6-4-5-7-11)17-15(18-14)16-12-8-2-1-3-9-12/h1-3,8-11H,4-7H2,(H2,16,17,18,19). The Morgan fingerprint density at radius 1 is 1.16 bits per heavy atom. The first-order valence-electron chi connectivity index (χ1n) is 6.74. The second-order valence-electron chi connectivity index (χ2n) is 4.99. The average Bonchev–Trinajstić information content (AvgIpc) is 2.93. The van der Waals surface area contributed by atoms with Crippen LogP contribution < -0.4 is 10.9 Å². The molecular weight excluding hydrogens is 238 g/mol. The molecule has 0 spiro atoms. The average molecular weight is 255 g/mol. The zero-order valence-corrected chi connectivity index (χ0v) is 10.7. The van der Waals surface area contributed by atoms with Gasteiger partial charge in [0.15, 0.2) is 0 Å². The zero-order valence-electron chi connectivity index (χ0n) is 10.7. The molecule has 1 saturated carbocycles. The summed E-state index contributed by atoms with van der Waals surface area (Å²) in [6, 6.07) is 11.4. The molecule has 1 aromatic carbocycles. The van der Waals surface area contributed by atoms with E-state index < -0.39 is 0 Å². The number of aromatic nitrogens is 2. The van der Waals surface area contributed by atoms with Crippen LogP contribution in [0.15, 0.2) is 41.2 Å². The highest BCUT2D eigenvalue weighted by atomic mass is 16.1. The van der Waals surface area contributed by atoms with E-state index in [1.54, 1.807) is 6.07 Å². The van der Waals surface area contributed by atoms with Gasteiger partial charge in [0.05, 0.1) is 5.69 Å². The fourth-order valence-corrected chi connectivity index (χ4v) is 2.62. The lowest BCUT2D eigenvalue weighted by atomic mass is 10.0. The van der Waals surface area contributed by atoms with Crippen molar-refractivity contribution >= 4 is 11.6 Å². The van der Waals surface area contributed by atoms with E-state index in [1.165, 1.54) is 12.8 Å². The topological polar surface area (TPSA) is 57.8 Å². The molecule has 1 fully saturated rings. The van der Waals surface area contributed by atoms with Gasteiger partial charge in [-0.05, 0) is 25.0 Å². The molecule has 0 atom stereocenters. The lowest BCUT2D eigenvalue weighted by Gasteiger charge is -2.10. The van der Waals surface area contributed by atoms with E-state index in [0.717, 1.165) is 24.2 Å². The summed E-state index contributed by atoms with van der Waals surface area (Å²) in [5.74, 6) is 0.972. The third-order valence-corrected chi connectivity index (χ3v) is 3.57. The second kappa shape index (κ2) is 5.26. The molecule has 2 aromatic rings. The van der Waals surface area contributed by atoms with Crippen LogP contribution in [0.25, 0.3) is 0 Å². The highest BCUT2D eigenvalue weighted by molar-refractivity contribution is 5.52. The Morgan fingerprint density at radius 3 is 2.63 bits per heavy atom. The van der Waals surface area contributed by atoms with Crippen LogP contribution in [0, 0.1) is 0 Å². The molecule has 0 saturated heterocycles. The number of H-pyrrole nitrogens is 1. The van der Waals surface area contributed by atoms with Gasteiger partial charge in [-0.3, -0.25) is 9.78 Å². The van der Waals surface area contributed by atoms with Gasteiger partial charge in [-0.25, -0.2) is 4.98 Å². The van der Waals surface area contributed by atoms with Gasteiger partial charge in [0.25, 0.3) is 5.56 Å². The van der Waals surface area contributed by atoms with Gasteiger partial charge in [0.2, 0.25) is 5.95 Å². The predicted octanol–water partition coefficient (Wildman–Crippen LogP) is 3.17. The Kier molecular flexibility index (Phi) is 3.31. The van der Waals surface area contributed by atoms with Gasteiger partial charge >= 0.3 is 0 Å². The van der Waals surface area contributed by atoms with Gasteiger partial charge < -0.3 is 5.32 Å². The number of aromatic amines is 1. The van der Waals surface area contributed by atoms with Crippen LogP contribution in [0.3, 0.4) is 0 Å². The van der Waals surface area contributed by atoms with E-state index in [0.29, 0.717) is 11.9 Å². The molecule has 0 radical (unpaired) electrons. The number of benzene rings is 1. The van der Waals surface area contributed by atoms with Crippen LogP contribution in [0.1, 0.15) is 37.3 Å². The number of nitrogens with zero attached hydrogens (tertiary/aromatic N) is 1. The summed E-state index contributed by atoms with van der Waals surface area (Å²) >= 11 is 0. The van der Waals surface area contributed by atoms with E-state index >= 15 is 0 Å². The number of hydrogen-bond acceptors (Lipinski definition) is 3. The van der Waals surface area contributed by atoms with Crippen molar-refractivity contribution in [3.05, 3.63) is 52.4 Å². The lowest BCUT2D eigenvalue weighted by molar-refractivity contribution is 0.693. The largest absolute Gasteiger partial charge is 0.326 e. The summed E-state index contributed by atoms with van der Waals surface area (Å²) in [6.07, 6.45) is 4.75. The van der Waals surface area contributed by atoms with Crippen LogP contribution >= 0.6 is 0 Å². The van der Waals surface area contributed by atoms with Gasteiger partial charge in [0, 0.05) is 17.7 Å².